The number of rotatable bonds is 3. The Bertz CT molecular complexity index is 556. The van der Waals surface area contributed by atoms with Crippen molar-refractivity contribution in [3.8, 4) is 0 Å². The lowest BCUT2D eigenvalue weighted by molar-refractivity contribution is -0.113. The molecule has 88 valence electrons. The van der Waals surface area contributed by atoms with Crippen LogP contribution in [0.25, 0.3) is 10.8 Å². The number of thiol groups is 3. The zero-order chi connectivity index (χ0) is 12.4. The fraction of sp³-hybridized carbons (Fsp3) is 0.0833. The number of hydrogen-bond acceptors (Lipinski definition) is 4. The maximum Gasteiger partial charge on any atom is 0.209 e. The third-order valence-electron chi connectivity index (χ3n) is 2.55. The summed E-state index contributed by atoms with van der Waals surface area (Å²) in [5, 5.41) is 1.92. The summed E-state index contributed by atoms with van der Waals surface area (Å²) >= 11 is 12.0. The van der Waals surface area contributed by atoms with Crippen molar-refractivity contribution < 1.29 is 4.79 Å². The molecular formula is C12H11NOS3. The molecule has 2 rings (SSSR count). The van der Waals surface area contributed by atoms with E-state index in [9.17, 15) is 4.79 Å². The lowest BCUT2D eigenvalue weighted by atomic mass is 10.0. The van der Waals surface area contributed by atoms with Gasteiger partial charge in [0.1, 0.15) is 6.04 Å². The predicted molar refractivity (Wildman–Crippen MR) is 80.5 cm³/mol. The molecule has 0 amide bonds. The molecule has 0 aliphatic rings. The van der Waals surface area contributed by atoms with E-state index in [4.69, 9.17) is 0 Å². The molecule has 0 aromatic heterocycles. The van der Waals surface area contributed by atoms with Crippen molar-refractivity contribution >= 4 is 54.1 Å². The molecule has 1 unspecified atom stereocenters. The first kappa shape index (κ1) is 12.8. The van der Waals surface area contributed by atoms with Crippen molar-refractivity contribution in [1.82, 2.24) is 3.71 Å². The van der Waals surface area contributed by atoms with Gasteiger partial charge < -0.3 is 0 Å². The molecule has 0 bridgehead atoms. The SMILES string of the molecule is O=C(S)C(c1ccc2ccccc2c1)N(S)S. The summed E-state index contributed by atoms with van der Waals surface area (Å²) in [4.78, 5) is 11.4. The van der Waals surface area contributed by atoms with Crippen molar-refractivity contribution in [2.45, 2.75) is 6.04 Å². The van der Waals surface area contributed by atoms with Gasteiger partial charge >= 0.3 is 0 Å². The van der Waals surface area contributed by atoms with E-state index in [1.54, 1.807) is 0 Å². The molecule has 0 saturated carbocycles. The Morgan fingerprint density at radius 3 is 2.29 bits per heavy atom. The molecule has 0 radical (unpaired) electrons. The Morgan fingerprint density at radius 1 is 1.06 bits per heavy atom. The van der Waals surface area contributed by atoms with Gasteiger partial charge in [-0.05, 0) is 22.4 Å². The smallest absolute Gasteiger partial charge is 0.209 e. The third kappa shape index (κ3) is 2.80. The van der Waals surface area contributed by atoms with Crippen LogP contribution in [0.15, 0.2) is 42.5 Å². The maximum atomic E-state index is 11.4. The average molecular weight is 281 g/mol. The number of carbonyl (C=O) groups is 1. The summed E-state index contributed by atoms with van der Waals surface area (Å²) in [6.45, 7) is 0. The lowest BCUT2D eigenvalue weighted by Gasteiger charge is -2.19. The molecule has 0 aliphatic carbocycles. The number of carbonyl (C=O) groups excluding carboxylic acids is 1. The highest BCUT2D eigenvalue weighted by molar-refractivity contribution is 7.97. The number of fused-ring (bicyclic) bond motifs is 1. The van der Waals surface area contributed by atoms with E-state index >= 15 is 0 Å². The van der Waals surface area contributed by atoms with Crippen molar-refractivity contribution in [2.24, 2.45) is 0 Å². The molecule has 0 saturated heterocycles. The van der Waals surface area contributed by atoms with Crippen LogP contribution in [0.3, 0.4) is 0 Å². The Morgan fingerprint density at radius 2 is 1.71 bits per heavy atom. The topological polar surface area (TPSA) is 20.3 Å². The van der Waals surface area contributed by atoms with E-state index < -0.39 is 6.04 Å². The van der Waals surface area contributed by atoms with Crippen molar-refractivity contribution in [2.75, 3.05) is 0 Å². The lowest BCUT2D eigenvalue weighted by Crippen LogP contribution is -2.16. The highest BCUT2D eigenvalue weighted by atomic mass is 32.2. The van der Waals surface area contributed by atoms with Crippen LogP contribution in [0.4, 0.5) is 0 Å². The zero-order valence-electron chi connectivity index (χ0n) is 8.82. The summed E-state index contributed by atoms with van der Waals surface area (Å²) in [7, 11) is 0. The Labute approximate surface area is 117 Å². The van der Waals surface area contributed by atoms with Gasteiger partial charge in [-0.15, -0.1) is 12.6 Å². The highest BCUT2D eigenvalue weighted by Gasteiger charge is 2.21. The van der Waals surface area contributed by atoms with Crippen molar-refractivity contribution in [3.05, 3.63) is 48.0 Å². The van der Waals surface area contributed by atoms with Gasteiger partial charge in [-0.2, -0.15) is 3.71 Å². The number of benzene rings is 2. The van der Waals surface area contributed by atoms with Crippen LogP contribution >= 0.6 is 38.3 Å². The van der Waals surface area contributed by atoms with Gasteiger partial charge in [-0.3, -0.25) is 4.79 Å². The van der Waals surface area contributed by atoms with Crippen LogP contribution < -0.4 is 0 Å². The molecule has 17 heavy (non-hydrogen) atoms. The zero-order valence-corrected chi connectivity index (χ0v) is 11.5. The molecule has 0 spiro atoms. The average Bonchev–Trinajstić information content (AvgIpc) is 2.28. The summed E-state index contributed by atoms with van der Waals surface area (Å²) < 4.78 is 1.26. The minimum absolute atomic E-state index is 0.287. The predicted octanol–water partition coefficient (Wildman–Crippen LogP) is 3.33. The largest absolute Gasteiger partial charge is 0.285 e. The number of hydrogen-bond donors (Lipinski definition) is 3. The van der Waals surface area contributed by atoms with Crippen LogP contribution in [0, 0.1) is 0 Å². The summed E-state index contributed by atoms with van der Waals surface area (Å²) in [6.07, 6.45) is 0. The standard InChI is InChI=1S/C12H11NOS3/c14-12(15)11(13(16)17)10-6-5-8-3-1-2-4-9(8)7-10/h1-7,11,16-17H,(H,14,15). The minimum Gasteiger partial charge on any atom is -0.285 e. The van der Waals surface area contributed by atoms with Crippen molar-refractivity contribution in [1.29, 1.82) is 0 Å². The Kier molecular flexibility index (Phi) is 4.04. The molecular weight excluding hydrogens is 270 g/mol. The second-order valence-corrected chi connectivity index (χ2v) is 5.29. The molecule has 0 aliphatic heterocycles. The van der Waals surface area contributed by atoms with Crippen LogP contribution in [0.1, 0.15) is 11.6 Å². The fourth-order valence-electron chi connectivity index (χ4n) is 1.75. The van der Waals surface area contributed by atoms with Gasteiger partial charge in [0.25, 0.3) is 0 Å². The van der Waals surface area contributed by atoms with E-state index in [1.165, 1.54) is 3.71 Å². The van der Waals surface area contributed by atoms with E-state index in [-0.39, 0.29) is 5.12 Å². The van der Waals surface area contributed by atoms with Crippen LogP contribution in [0.5, 0.6) is 0 Å². The van der Waals surface area contributed by atoms with Crippen LogP contribution in [0.2, 0.25) is 0 Å². The normalized spacial score (nSPS) is 12.9. The second kappa shape index (κ2) is 5.35. The second-order valence-electron chi connectivity index (χ2n) is 3.67. The summed E-state index contributed by atoms with van der Waals surface area (Å²) in [5.41, 5.74) is 0.828. The fourth-order valence-corrected chi connectivity index (χ4v) is 2.68. The quantitative estimate of drug-likeness (QED) is 0.750. The first-order valence-corrected chi connectivity index (χ1v) is 6.23. The van der Waals surface area contributed by atoms with Gasteiger partial charge in [-0.1, -0.05) is 62.0 Å². The highest BCUT2D eigenvalue weighted by Crippen LogP contribution is 2.28. The van der Waals surface area contributed by atoms with E-state index in [1.807, 2.05) is 42.5 Å². The van der Waals surface area contributed by atoms with E-state index in [0.717, 1.165) is 16.3 Å². The molecule has 0 N–H and O–H groups in total. The molecule has 5 heteroatoms. The van der Waals surface area contributed by atoms with Crippen LogP contribution in [-0.4, -0.2) is 8.83 Å². The third-order valence-corrected chi connectivity index (χ3v) is 3.26. The van der Waals surface area contributed by atoms with E-state index in [2.05, 4.69) is 38.3 Å². The first-order valence-electron chi connectivity index (χ1n) is 4.98. The van der Waals surface area contributed by atoms with Crippen molar-refractivity contribution in [3.63, 3.8) is 0 Å². The summed E-state index contributed by atoms with van der Waals surface area (Å²) in [5.74, 6) is 0. The van der Waals surface area contributed by atoms with Gasteiger partial charge in [0.2, 0.25) is 5.12 Å². The van der Waals surface area contributed by atoms with Gasteiger partial charge in [0, 0.05) is 0 Å². The minimum atomic E-state index is -0.561. The van der Waals surface area contributed by atoms with E-state index in [0.29, 0.717) is 0 Å². The Balaban J connectivity index is 2.51. The molecule has 2 aromatic rings. The molecule has 0 fully saturated rings. The maximum absolute atomic E-state index is 11.4. The molecule has 2 aromatic carbocycles. The van der Waals surface area contributed by atoms with Gasteiger partial charge in [-0.25, -0.2) is 0 Å². The Hall–Kier alpha value is -0.620. The molecule has 0 heterocycles. The monoisotopic (exact) mass is 281 g/mol. The number of nitrogens with zero attached hydrogens (tertiary/aromatic N) is 1. The first-order chi connectivity index (χ1) is 8.09. The molecule has 2 nitrogen and oxygen atoms in total. The summed E-state index contributed by atoms with van der Waals surface area (Å²) in [6, 6.07) is 13.2. The van der Waals surface area contributed by atoms with Crippen LogP contribution in [-0.2, 0) is 4.79 Å². The van der Waals surface area contributed by atoms with Gasteiger partial charge in [0.15, 0.2) is 0 Å². The van der Waals surface area contributed by atoms with Gasteiger partial charge in [0.05, 0.1) is 0 Å². The molecule has 1 atom stereocenters.